The molecule has 0 saturated heterocycles. The predicted octanol–water partition coefficient (Wildman–Crippen LogP) is 6.75. The van der Waals surface area contributed by atoms with E-state index in [2.05, 4.69) is 40.7 Å². The monoisotopic (exact) mass is 428 g/mol. The number of Topliss-reactive ketones (excluding diaryl/α,β-unsaturated/α-hetero) is 1. The number of hydrogen-bond donors (Lipinski definition) is 0. The second-order valence-electron chi connectivity index (χ2n) is 12.1. The van der Waals surface area contributed by atoms with E-state index < -0.39 is 0 Å². The van der Waals surface area contributed by atoms with Crippen LogP contribution in [0.4, 0.5) is 0 Å². The molecule has 0 amide bonds. The average molecular weight is 429 g/mol. The minimum atomic E-state index is -0.0973. The molecule has 0 aromatic carbocycles. The Hall–Kier alpha value is -1.12. The van der Waals surface area contributed by atoms with Crippen LogP contribution in [0.25, 0.3) is 0 Å². The van der Waals surface area contributed by atoms with Crippen LogP contribution < -0.4 is 0 Å². The van der Waals surface area contributed by atoms with Gasteiger partial charge in [0.05, 0.1) is 7.11 Å². The molecule has 31 heavy (non-hydrogen) atoms. The predicted molar refractivity (Wildman–Crippen MR) is 124 cm³/mol. The number of esters is 1. The number of rotatable bonds is 4. The zero-order chi connectivity index (χ0) is 22.6. The van der Waals surface area contributed by atoms with E-state index in [1.165, 1.54) is 58.5 Å². The lowest BCUT2D eigenvalue weighted by Gasteiger charge is -2.64. The Bertz CT molecular complexity index is 768. The summed E-state index contributed by atoms with van der Waals surface area (Å²) in [5, 5.41) is 0. The summed E-state index contributed by atoms with van der Waals surface area (Å²) < 4.78 is 4.88. The molecule has 3 unspecified atom stereocenters. The Morgan fingerprint density at radius 1 is 1.10 bits per heavy atom. The van der Waals surface area contributed by atoms with Crippen molar-refractivity contribution in [3.05, 3.63) is 11.6 Å². The van der Waals surface area contributed by atoms with Crippen molar-refractivity contribution in [2.75, 3.05) is 7.11 Å². The topological polar surface area (TPSA) is 43.4 Å². The van der Waals surface area contributed by atoms with Gasteiger partial charge in [0, 0.05) is 17.8 Å². The molecule has 0 spiro atoms. The molecule has 4 aliphatic carbocycles. The Labute approximate surface area is 189 Å². The summed E-state index contributed by atoms with van der Waals surface area (Å²) in [7, 11) is 1.48. The van der Waals surface area contributed by atoms with Gasteiger partial charge in [-0.15, -0.1) is 0 Å². The third-order valence-electron chi connectivity index (χ3n) is 11.2. The Kier molecular flexibility index (Phi) is 5.97. The van der Waals surface area contributed by atoms with Crippen LogP contribution in [0, 0.1) is 45.8 Å². The molecular weight excluding hydrogens is 384 g/mol. The zero-order valence-electron chi connectivity index (χ0n) is 20.8. The molecular formula is C28H44O3. The second kappa shape index (κ2) is 8.03. The van der Waals surface area contributed by atoms with E-state index in [4.69, 9.17) is 4.74 Å². The normalized spacial score (nSPS) is 46.8. The number of allylic oxidation sites excluding steroid dienone is 2. The maximum Gasteiger partial charge on any atom is 0.305 e. The number of methoxy groups -OCH3 is 1. The Balaban J connectivity index is 1.64. The van der Waals surface area contributed by atoms with Crippen LogP contribution in [0.5, 0.6) is 0 Å². The summed E-state index contributed by atoms with van der Waals surface area (Å²) in [5.41, 5.74) is 1.69. The van der Waals surface area contributed by atoms with Crippen LogP contribution >= 0.6 is 0 Å². The molecule has 3 nitrogen and oxygen atoms in total. The van der Waals surface area contributed by atoms with Gasteiger partial charge in [-0.2, -0.15) is 0 Å². The molecule has 0 bridgehead atoms. The Morgan fingerprint density at radius 3 is 2.48 bits per heavy atom. The standard InChI is InChI=1S/C28H44O3/c1-7-19-25(30)24-21-12-11-20(18(2)10-13-23(29)31-6)26(21,3)17-14-22(24)28(5)16-9-8-15-27(19,28)4/h7,18,20-22,24H,8-17H2,1-6H3/b19-7+/t18-,20?,21?,22?,24+,26-,27+,28-/m1/s1. The van der Waals surface area contributed by atoms with E-state index in [-0.39, 0.29) is 28.1 Å². The highest BCUT2D eigenvalue weighted by Crippen LogP contribution is 2.71. The lowest BCUT2D eigenvalue weighted by molar-refractivity contribution is -0.158. The summed E-state index contributed by atoms with van der Waals surface area (Å²) >= 11 is 0. The fraction of sp³-hybridized carbons (Fsp3) is 0.857. The van der Waals surface area contributed by atoms with Gasteiger partial charge in [0.1, 0.15) is 0 Å². The molecule has 0 aromatic rings. The molecule has 0 aliphatic heterocycles. The molecule has 174 valence electrons. The van der Waals surface area contributed by atoms with Gasteiger partial charge in [-0.25, -0.2) is 0 Å². The first kappa shape index (κ1) is 23.1. The van der Waals surface area contributed by atoms with Crippen LogP contribution in [0.1, 0.15) is 98.8 Å². The van der Waals surface area contributed by atoms with Gasteiger partial charge in [-0.1, -0.05) is 46.6 Å². The molecule has 4 fully saturated rings. The van der Waals surface area contributed by atoms with Crippen molar-refractivity contribution in [1.29, 1.82) is 0 Å². The van der Waals surface area contributed by atoms with Gasteiger partial charge in [0.2, 0.25) is 0 Å². The van der Waals surface area contributed by atoms with Gasteiger partial charge in [0.15, 0.2) is 5.78 Å². The van der Waals surface area contributed by atoms with E-state index in [0.717, 1.165) is 12.0 Å². The molecule has 8 atom stereocenters. The third-order valence-corrected chi connectivity index (χ3v) is 11.2. The van der Waals surface area contributed by atoms with Crippen LogP contribution in [0.15, 0.2) is 11.6 Å². The summed E-state index contributed by atoms with van der Waals surface area (Å²) in [4.78, 5) is 25.8. The van der Waals surface area contributed by atoms with E-state index in [1.807, 2.05) is 0 Å². The number of hydrogen-bond acceptors (Lipinski definition) is 3. The van der Waals surface area contributed by atoms with Gasteiger partial charge >= 0.3 is 5.97 Å². The lowest BCUT2D eigenvalue weighted by Crippen LogP contribution is -2.61. The number of carbonyl (C=O) groups excluding carboxylic acids is 2. The SMILES string of the molecule is C/C=C1\C(=O)[C@H]2C3CCC([C@H](C)CCC(=O)OC)[C@@]3(C)CCC2[C@@]2(C)CCCC[C@@]12C. The van der Waals surface area contributed by atoms with E-state index >= 15 is 0 Å². The molecule has 0 aromatic heterocycles. The molecule has 0 heterocycles. The van der Waals surface area contributed by atoms with Crippen molar-refractivity contribution in [3.8, 4) is 0 Å². The maximum absolute atomic E-state index is 14.1. The van der Waals surface area contributed by atoms with Gasteiger partial charge in [-0.3, -0.25) is 9.59 Å². The van der Waals surface area contributed by atoms with Crippen molar-refractivity contribution in [3.63, 3.8) is 0 Å². The first-order chi connectivity index (χ1) is 14.6. The van der Waals surface area contributed by atoms with Crippen molar-refractivity contribution in [2.24, 2.45) is 45.8 Å². The fourth-order valence-corrected chi connectivity index (χ4v) is 9.33. The van der Waals surface area contributed by atoms with Gasteiger partial charge in [0.25, 0.3) is 0 Å². The van der Waals surface area contributed by atoms with Crippen molar-refractivity contribution < 1.29 is 14.3 Å². The van der Waals surface area contributed by atoms with Crippen LogP contribution in [0.3, 0.4) is 0 Å². The number of ketones is 1. The first-order valence-corrected chi connectivity index (χ1v) is 12.9. The minimum Gasteiger partial charge on any atom is -0.469 e. The number of carbonyl (C=O) groups is 2. The minimum absolute atomic E-state index is 0.0534. The van der Waals surface area contributed by atoms with Gasteiger partial charge in [-0.05, 0) is 91.9 Å². The van der Waals surface area contributed by atoms with Crippen molar-refractivity contribution in [1.82, 2.24) is 0 Å². The fourth-order valence-electron chi connectivity index (χ4n) is 9.33. The molecule has 3 heteroatoms. The molecule has 4 saturated carbocycles. The second-order valence-corrected chi connectivity index (χ2v) is 12.1. The molecule has 0 N–H and O–H groups in total. The quantitative estimate of drug-likeness (QED) is 0.367. The molecule has 4 aliphatic rings. The first-order valence-electron chi connectivity index (χ1n) is 12.9. The van der Waals surface area contributed by atoms with E-state index in [9.17, 15) is 9.59 Å². The van der Waals surface area contributed by atoms with Crippen LogP contribution in [-0.2, 0) is 14.3 Å². The highest BCUT2D eigenvalue weighted by molar-refractivity contribution is 6.00. The Morgan fingerprint density at radius 2 is 1.81 bits per heavy atom. The third kappa shape index (κ3) is 3.19. The zero-order valence-corrected chi connectivity index (χ0v) is 20.8. The summed E-state index contributed by atoms with van der Waals surface area (Å²) in [6.07, 6.45) is 13.5. The lowest BCUT2D eigenvalue weighted by atomic mass is 9.39. The summed E-state index contributed by atoms with van der Waals surface area (Å²) in [6.45, 7) is 11.9. The van der Waals surface area contributed by atoms with Crippen LogP contribution in [0.2, 0.25) is 0 Å². The molecule has 0 radical (unpaired) electrons. The smallest absolute Gasteiger partial charge is 0.305 e. The largest absolute Gasteiger partial charge is 0.469 e. The maximum atomic E-state index is 14.1. The van der Waals surface area contributed by atoms with Crippen molar-refractivity contribution in [2.45, 2.75) is 98.8 Å². The molecule has 4 rings (SSSR count). The summed E-state index contributed by atoms with van der Waals surface area (Å²) in [5.74, 6) is 2.75. The van der Waals surface area contributed by atoms with Crippen molar-refractivity contribution >= 4 is 11.8 Å². The number of ether oxygens (including phenoxy) is 1. The van der Waals surface area contributed by atoms with E-state index in [0.29, 0.717) is 35.9 Å². The highest BCUT2D eigenvalue weighted by Gasteiger charge is 2.66. The van der Waals surface area contributed by atoms with E-state index in [1.54, 1.807) is 0 Å². The van der Waals surface area contributed by atoms with Gasteiger partial charge < -0.3 is 4.74 Å². The van der Waals surface area contributed by atoms with Crippen LogP contribution in [-0.4, -0.2) is 18.9 Å². The summed E-state index contributed by atoms with van der Waals surface area (Å²) in [6, 6.07) is 0. The highest BCUT2D eigenvalue weighted by atomic mass is 16.5. The average Bonchev–Trinajstić information content (AvgIpc) is 3.10. The number of fused-ring (bicyclic) bond motifs is 5.